The number of carbonyl (C=O) groups excluding carboxylic acids is 1. The van der Waals surface area contributed by atoms with Gasteiger partial charge in [-0.3, -0.25) is 9.78 Å². The SMILES string of the molecule is CC1=NC2(CCc3c(cccc3-c3cccnc3)C2=O)CO1. The number of fused-ring (bicyclic) bond motifs is 1. The summed E-state index contributed by atoms with van der Waals surface area (Å²) < 4.78 is 5.47. The van der Waals surface area contributed by atoms with Crippen LogP contribution in [0.4, 0.5) is 0 Å². The first kappa shape index (κ1) is 13.2. The molecule has 4 rings (SSSR count). The van der Waals surface area contributed by atoms with E-state index in [-0.39, 0.29) is 5.78 Å². The summed E-state index contributed by atoms with van der Waals surface area (Å²) in [7, 11) is 0. The number of benzene rings is 1. The molecule has 2 heterocycles. The Hall–Kier alpha value is -2.49. The smallest absolute Gasteiger partial charge is 0.194 e. The second-order valence-electron chi connectivity index (χ2n) is 5.85. The molecule has 1 unspecified atom stereocenters. The van der Waals surface area contributed by atoms with Crippen LogP contribution >= 0.6 is 0 Å². The maximum absolute atomic E-state index is 13.0. The Morgan fingerprint density at radius 3 is 2.77 bits per heavy atom. The summed E-state index contributed by atoms with van der Waals surface area (Å²) in [5.74, 6) is 0.691. The Bertz CT molecular complexity index is 783. The molecule has 4 heteroatoms. The lowest BCUT2D eigenvalue weighted by atomic mass is 9.75. The summed E-state index contributed by atoms with van der Waals surface area (Å²) in [5.41, 5.74) is 3.31. The Balaban J connectivity index is 1.83. The predicted octanol–water partition coefficient (Wildman–Crippen LogP) is 3.06. The van der Waals surface area contributed by atoms with Gasteiger partial charge in [0.25, 0.3) is 0 Å². The van der Waals surface area contributed by atoms with Crippen LogP contribution < -0.4 is 0 Å². The van der Waals surface area contributed by atoms with Crippen LogP contribution in [0.5, 0.6) is 0 Å². The first-order valence-corrected chi connectivity index (χ1v) is 7.46. The molecule has 2 aromatic rings. The summed E-state index contributed by atoms with van der Waals surface area (Å²) in [6, 6.07) is 9.84. The molecule has 4 nitrogen and oxygen atoms in total. The van der Waals surface area contributed by atoms with E-state index in [1.165, 1.54) is 0 Å². The number of ether oxygens (including phenoxy) is 1. The van der Waals surface area contributed by atoms with E-state index in [2.05, 4.69) is 16.0 Å². The van der Waals surface area contributed by atoms with Gasteiger partial charge in [0.1, 0.15) is 6.61 Å². The zero-order valence-corrected chi connectivity index (χ0v) is 12.4. The van der Waals surface area contributed by atoms with E-state index < -0.39 is 5.54 Å². The standard InChI is InChI=1S/C18H16N2O2/c1-12-20-18(11-22-12)8-7-15-14(13-4-3-9-19-10-13)5-2-6-16(15)17(18)21/h2-6,9-10H,7-8,11H2,1H3. The third-order valence-electron chi connectivity index (χ3n) is 4.50. The third kappa shape index (κ3) is 1.87. The molecular weight excluding hydrogens is 276 g/mol. The molecule has 1 aromatic heterocycles. The molecule has 1 atom stereocenters. The van der Waals surface area contributed by atoms with Crippen LogP contribution in [0.15, 0.2) is 47.7 Å². The molecule has 0 amide bonds. The normalized spacial score (nSPS) is 23.1. The second kappa shape index (κ2) is 4.77. The molecule has 0 radical (unpaired) electrons. The van der Waals surface area contributed by atoms with Crippen molar-refractivity contribution in [3.63, 3.8) is 0 Å². The number of rotatable bonds is 1. The number of aromatic nitrogens is 1. The molecular formula is C18H16N2O2. The van der Waals surface area contributed by atoms with E-state index in [1.54, 1.807) is 6.20 Å². The molecule has 1 aromatic carbocycles. The van der Waals surface area contributed by atoms with Crippen LogP contribution in [0, 0.1) is 0 Å². The molecule has 0 fully saturated rings. The molecule has 1 aliphatic carbocycles. The highest BCUT2D eigenvalue weighted by Gasteiger charge is 2.46. The van der Waals surface area contributed by atoms with Crippen LogP contribution in [0.25, 0.3) is 11.1 Å². The van der Waals surface area contributed by atoms with E-state index >= 15 is 0 Å². The van der Waals surface area contributed by atoms with Crippen molar-refractivity contribution in [2.75, 3.05) is 6.61 Å². The average Bonchev–Trinajstić information content (AvgIpc) is 2.94. The van der Waals surface area contributed by atoms with Crippen molar-refractivity contribution in [3.05, 3.63) is 53.9 Å². The van der Waals surface area contributed by atoms with Gasteiger partial charge in [-0.1, -0.05) is 24.3 Å². The minimum absolute atomic E-state index is 0.0799. The molecule has 110 valence electrons. The van der Waals surface area contributed by atoms with E-state index in [9.17, 15) is 4.79 Å². The van der Waals surface area contributed by atoms with Gasteiger partial charge in [-0.25, -0.2) is 4.99 Å². The first-order chi connectivity index (χ1) is 10.7. The number of pyridine rings is 1. The van der Waals surface area contributed by atoms with Gasteiger partial charge in [0.05, 0.1) is 0 Å². The summed E-state index contributed by atoms with van der Waals surface area (Å²) in [6.07, 6.45) is 5.12. The van der Waals surface area contributed by atoms with Gasteiger partial charge >= 0.3 is 0 Å². The molecule has 0 saturated heterocycles. The Kier molecular flexibility index (Phi) is 2.86. The molecule has 1 aliphatic heterocycles. The van der Waals surface area contributed by atoms with Crippen molar-refractivity contribution in [3.8, 4) is 11.1 Å². The first-order valence-electron chi connectivity index (χ1n) is 7.46. The van der Waals surface area contributed by atoms with E-state index in [1.807, 2.05) is 37.4 Å². The Morgan fingerprint density at radius 1 is 1.18 bits per heavy atom. The highest BCUT2D eigenvalue weighted by Crippen LogP contribution is 2.38. The molecule has 0 saturated carbocycles. The van der Waals surface area contributed by atoms with Crippen LogP contribution in [-0.4, -0.2) is 28.8 Å². The van der Waals surface area contributed by atoms with Crippen molar-refractivity contribution in [2.24, 2.45) is 4.99 Å². The average molecular weight is 292 g/mol. The van der Waals surface area contributed by atoms with Crippen LogP contribution in [0.2, 0.25) is 0 Å². The van der Waals surface area contributed by atoms with Gasteiger partial charge in [-0.2, -0.15) is 0 Å². The topological polar surface area (TPSA) is 51.5 Å². The summed E-state index contributed by atoms with van der Waals surface area (Å²) in [4.78, 5) is 21.6. The fourth-order valence-electron chi connectivity index (χ4n) is 3.39. The molecule has 1 spiro atoms. The van der Waals surface area contributed by atoms with Gasteiger partial charge in [-0.05, 0) is 30.0 Å². The van der Waals surface area contributed by atoms with Crippen molar-refractivity contribution in [1.29, 1.82) is 0 Å². The Morgan fingerprint density at radius 2 is 2.05 bits per heavy atom. The van der Waals surface area contributed by atoms with Crippen molar-refractivity contribution in [1.82, 2.24) is 4.98 Å². The van der Waals surface area contributed by atoms with Crippen molar-refractivity contribution in [2.45, 2.75) is 25.3 Å². The monoisotopic (exact) mass is 292 g/mol. The maximum Gasteiger partial charge on any atom is 0.194 e. The van der Waals surface area contributed by atoms with E-state index in [0.717, 1.165) is 28.7 Å². The van der Waals surface area contributed by atoms with Crippen LogP contribution in [0.1, 0.15) is 29.3 Å². The van der Waals surface area contributed by atoms with Crippen LogP contribution in [-0.2, 0) is 11.2 Å². The quantitative estimate of drug-likeness (QED) is 0.811. The largest absolute Gasteiger partial charge is 0.478 e. The number of nitrogens with zero attached hydrogens (tertiary/aromatic N) is 2. The zero-order chi connectivity index (χ0) is 15.2. The van der Waals surface area contributed by atoms with Gasteiger partial charge in [0.2, 0.25) is 0 Å². The molecule has 2 aliphatic rings. The highest BCUT2D eigenvalue weighted by atomic mass is 16.5. The van der Waals surface area contributed by atoms with Crippen molar-refractivity contribution < 1.29 is 9.53 Å². The number of aliphatic imine (C=N–C) groups is 1. The maximum atomic E-state index is 13.0. The number of ketones is 1. The number of hydrogen-bond acceptors (Lipinski definition) is 4. The van der Waals surface area contributed by atoms with Crippen LogP contribution in [0.3, 0.4) is 0 Å². The lowest BCUT2D eigenvalue weighted by Gasteiger charge is -2.30. The summed E-state index contributed by atoms with van der Waals surface area (Å²) in [5, 5.41) is 0. The summed E-state index contributed by atoms with van der Waals surface area (Å²) in [6.45, 7) is 2.18. The van der Waals surface area contributed by atoms with Gasteiger partial charge in [0.15, 0.2) is 17.2 Å². The highest BCUT2D eigenvalue weighted by molar-refractivity contribution is 6.08. The summed E-state index contributed by atoms with van der Waals surface area (Å²) >= 11 is 0. The molecule has 22 heavy (non-hydrogen) atoms. The lowest BCUT2D eigenvalue weighted by molar-refractivity contribution is 0.0835. The number of carbonyl (C=O) groups is 1. The predicted molar refractivity (Wildman–Crippen MR) is 84.1 cm³/mol. The Labute approximate surface area is 128 Å². The third-order valence-corrected chi connectivity index (χ3v) is 4.50. The van der Waals surface area contributed by atoms with E-state index in [0.29, 0.717) is 18.9 Å². The number of Topliss-reactive ketones (excluding diaryl/α,β-unsaturated/α-hetero) is 1. The van der Waals surface area contributed by atoms with Gasteiger partial charge in [-0.15, -0.1) is 0 Å². The lowest BCUT2D eigenvalue weighted by Crippen LogP contribution is -2.42. The van der Waals surface area contributed by atoms with E-state index in [4.69, 9.17) is 4.74 Å². The minimum atomic E-state index is -0.704. The fraction of sp³-hybridized carbons (Fsp3) is 0.278. The number of hydrogen-bond donors (Lipinski definition) is 0. The fourth-order valence-corrected chi connectivity index (χ4v) is 3.39. The van der Waals surface area contributed by atoms with Crippen molar-refractivity contribution >= 4 is 11.7 Å². The minimum Gasteiger partial charge on any atom is -0.478 e. The van der Waals surface area contributed by atoms with Gasteiger partial charge in [0, 0.05) is 30.4 Å². The molecule has 0 bridgehead atoms. The molecule has 0 N–H and O–H groups in total. The van der Waals surface area contributed by atoms with Gasteiger partial charge < -0.3 is 4.74 Å². The second-order valence-corrected chi connectivity index (χ2v) is 5.85. The zero-order valence-electron chi connectivity index (χ0n) is 12.4.